The summed E-state index contributed by atoms with van der Waals surface area (Å²) in [6.45, 7) is 4.19. The first-order valence-corrected chi connectivity index (χ1v) is 5.07. The van der Waals surface area contributed by atoms with Gasteiger partial charge in [0, 0.05) is 12.5 Å². The number of rotatable bonds is 2. The van der Waals surface area contributed by atoms with Crippen molar-refractivity contribution in [2.75, 3.05) is 6.61 Å². The molecule has 1 aromatic carbocycles. The van der Waals surface area contributed by atoms with Crippen molar-refractivity contribution in [3.05, 3.63) is 30.1 Å². The average molecular weight is 204 g/mol. The van der Waals surface area contributed by atoms with Crippen LogP contribution in [0, 0.1) is 0 Å². The Morgan fingerprint density at radius 3 is 2.80 bits per heavy atom. The molecular weight excluding hydrogens is 188 g/mol. The predicted molar refractivity (Wildman–Crippen MR) is 60.8 cm³/mol. The van der Waals surface area contributed by atoms with Crippen LogP contribution in [0.3, 0.4) is 0 Å². The van der Waals surface area contributed by atoms with E-state index in [1.807, 2.05) is 31.5 Å². The molecule has 0 saturated carbocycles. The van der Waals surface area contributed by atoms with E-state index in [9.17, 15) is 5.11 Å². The van der Waals surface area contributed by atoms with Crippen LogP contribution in [0.5, 0.6) is 0 Å². The van der Waals surface area contributed by atoms with Gasteiger partial charge in [0.1, 0.15) is 0 Å². The van der Waals surface area contributed by atoms with Crippen LogP contribution in [0.4, 0.5) is 0 Å². The first kappa shape index (κ1) is 10.2. The summed E-state index contributed by atoms with van der Waals surface area (Å²) in [4.78, 5) is 4.31. The minimum Gasteiger partial charge on any atom is -0.395 e. The molecule has 2 rings (SSSR count). The van der Waals surface area contributed by atoms with Gasteiger partial charge in [-0.25, -0.2) is 4.98 Å². The molecule has 2 aromatic rings. The molecule has 0 atom stereocenters. The number of hydrogen-bond donors (Lipinski definition) is 1. The highest BCUT2D eigenvalue weighted by Crippen LogP contribution is 2.25. The third kappa shape index (κ3) is 1.63. The van der Waals surface area contributed by atoms with Crippen molar-refractivity contribution < 1.29 is 5.11 Å². The second-order valence-electron chi connectivity index (χ2n) is 4.60. The zero-order valence-corrected chi connectivity index (χ0v) is 9.36. The van der Waals surface area contributed by atoms with E-state index in [-0.39, 0.29) is 12.0 Å². The van der Waals surface area contributed by atoms with Gasteiger partial charge in [-0.15, -0.1) is 0 Å². The molecule has 0 aliphatic rings. The lowest BCUT2D eigenvalue weighted by molar-refractivity contribution is 0.218. The van der Waals surface area contributed by atoms with Gasteiger partial charge in [-0.3, -0.25) is 0 Å². The van der Waals surface area contributed by atoms with Crippen LogP contribution in [0.2, 0.25) is 0 Å². The summed E-state index contributed by atoms with van der Waals surface area (Å²) in [5.74, 6) is 0. The number of nitrogens with zero attached hydrogens (tertiary/aromatic N) is 2. The van der Waals surface area contributed by atoms with E-state index in [0.29, 0.717) is 0 Å². The number of aliphatic hydroxyl groups is 1. The lowest BCUT2D eigenvalue weighted by Crippen LogP contribution is -2.21. The normalized spacial score (nSPS) is 12.3. The Morgan fingerprint density at radius 1 is 1.40 bits per heavy atom. The van der Waals surface area contributed by atoms with Crippen molar-refractivity contribution in [3.63, 3.8) is 0 Å². The van der Waals surface area contributed by atoms with Gasteiger partial charge in [0.15, 0.2) is 0 Å². The van der Waals surface area contributed by atoms with E-state index in [1.165, 1.54) is 0 Å². The maximum atomic E-state index is 9.30. The van der Waals surface area contributed by atoms with Crippen LogP contribution < -0.4 is 0 Å². The largest absolute Gasteiger partial charge is 0.395 e. The van der Waals surface area contributed by atoms with Crippen molar-refractivity contribution in [2.24, 2.45) is 7.05 Å². The maximum absolute atomic E-state index is 9.30. The van der Waals surface area contributed by atoms with Crippen LogP contribution in [0.1, 0.15) is 19.4 Å². The Hall–Kier alpha value is -1.35. The molecule has 0 unspecified atom stereocenters. The topological polar surface area (TPSA) is 38.0 Å². The zero-order chi connectivity index (χ0) is 11.1. The molecule has 0 fully saturated rings. The molecule has 1 N–H and O–H groups in total. The monoisotopic (exact) mass is 204 g/mol. The molecule has 0 spiro atoms. The minimum absolute atomic E-state index is 0.144. The fourth-order valence-electron chi connectivity index (χ4n) is 1.65. The smallest absolute Gasteiger partial charge is 0.0955 e. The van der Waals surface area contributed by atoms with Gasteiger partial charge in [-0.05, 0) is 17.7 Å². The highest BCUT2D eigenvalue weighted by molar-refractivity contribution is 5.76. The summed E-state index contributed by atoms with van der Waals surface area (Å²) in [5, 5.41) is 9.30. The van der Waals surface area contributed by atoms with Crippen molar-refractivity contribution in [2.45, 2.75) is 19.3 Å². The molecule has 3 nitrogen and oxygen atoms in total. The second kappa shape index (κ2) is 3.35. The highest BCUT2D eigenvalue weighted by atomic mass is 16.3. The summed E-state index contributed by atoms with van der Waals surface area (Å²) in [6.07, 6.45) is 1.81. The number of hydrogen-bond acceptors (Lipinski definition) is 2. The molecule has 0 saturated heterocycles. The zero-order valence-electron chi connectivity index (χ0n) is 9.36. The quantitative estimate of drug-likeness (QED) is 0.810. The maximum Gasteiger partial charge on any atom is 0.0955 e. The Bertz CT molecular complexity index is 485. The highest BCUT2D eigenvalue weighted by Gasteiger charge is 2.19. The van der Waals surface area contributed by atoms with E-state index in [4.69, 9.17) is 0 Å². The Labute approximate surface area is 89.4 Å². The number of aliphatic hydroxyl groups excluding tert-OH is 1. The van der Waals surface area contributed by atoms with Gasteiger partial charge in [0.05, 0.1) is 24.0 Å². The summed E-state index contributed by atoms with van der Waals surface area (Å²) in [5.41, 5.74) is 3.02. The first-order chi connectivity index (χ1) is 7.04. The lowest BCUT2D eigenvalue weighted by Gasteiger charge is -2.22. The summed E-state index contributed by atoms with van der Waals surface area (Å²) in [7, 11) is 1.98. The molecule has 0 bridgehead atoms. The Balaban J connectivity index is 2.57. The third-order valence-corrected chi connectivity index (χ3v) is 2.90. The standard InChI is InChI=1S/C12H16N2O/c1-12(2,7-15)9-4-5-11-10(6-9)13-8-14(11)3/h4-6,8,15H,7H2,1-3H3. The van der Waals surface area contributed by atoms with E-state index in [0.717, 1.165) is 16.6 Å². The van der Waals surface area contributed by atoms with Crippen LogP contribution in [-0.4, -0.2) is 21.3 Å². The fraction of sp³-hybridized carbons (Fsp3) is 0.417. The molecule has 0 amide bonds. The molecule has 0 radical (unpaired) electrons. The Morgan fingerprint density at radius 2 is 2.13 bits per heavy atom. The van der Waals surface area contributed by atoms with Crippen molar-refractivity contribution in [3.8, 4) is 0 Å². The summed E-state index contributed by atoms with van der Waals surface area (Å²) in [6, 6.07) is 6.15. The van der Waals surface area contributed by atoms with Crippen molar-refractivity contribution in [1.82, 2.24) is 9.55 Å². The first-order valence-electron chi connectivity index (χ1n) is 5.07. The van der Waals surface area contributed by atoms with E-state index >= 15 is 0 Å². The van der Waals surface area contributed by atoms with Crippen LogP contribution in [0.15, 0.2) is 24.5 Å². The van der Waals surface area contributed by atoms with Crippen LogP contribution in [0.25, 0.3) is 11.0 Å². The molecule has 1 heterocycles. The number of benzene rings is 1. The number of aryl methyl sites for hydroxylation is 1. The van der Waals surface area contributed by atoms with Gasteiger partial charge in [0.25, 0.3) is 0 Å². The molecule has 1 aromatic heterocycles. The van der Waals surface area contributed by atoms with Crippen molar-refractivity contribution in [1.29, 1.82) is 0 Å². The SMILES string of the molecule is Cn1cnc2cc(C(C)(C)CO)ccc21. The fourth-order valence-corrected chi connectivity index (χ4v) is 1.65. The molecular formula is C12H16N2O. The van der Waals surface area contributed by atoms with Gasteiger partial charge in [-0.1, -0.05) is 19.9 Å². The summed E-state index contributed by atoms with van der Waals surface area (Å²) < 4.78 is 1.99. The molecule has 0 aliphatic carbocycles. The third-order valence-electron chi connectivity index (χ3n) is 2.90. The van der Waals surface area contributed by atoms with Crippen LogP contribution in [-0.2, 0) is 12.5 Å². The predicted octanol–water partition coefficient (Wildman–Crippen LogP) is 1.84. The van der Waals surface area contributed by atoms with E-state index in [2.05, 4.69) is 17.1 Å². The van der Waals surface area contributed by atoms with Gasteiger partial charge < -0.3 is 9.67 Å². The van der Waals surface area contributed by atoms with Gasteiger partial charge in [-0.2, -0.15) is 0 Å². The minimum atomic E-state index is -0.203. The van der Waals surface area contributed by atoms with Gasteiger partial charge >= 0.3 is 0 Å². The van der Waals surface area contributed by atoms with Crippen LogP contribution >= 0.6 is 0 Å². The average Bonchev–Trinajstić information content (AvgIpc) is 2.60. The Kier molecular flexibility index (Phi) is 2.27. The number of aromatic nitrogens is 2. The number of imidazole rings is 1. The van der Waals surface area contributed by atoms with E-state index < -0.39 is 0 Å². The van der Waals surface area contributed by atoms with E-state index in [1.54, 1.807) is 6.33 Å². The molecule has 0 aliphatic heterocycles. The molecule has 15 heavy (non-hydrogen) atoms. The van der Waals surface area contributed by atoms with Crippen molar-refractivity contribution >= 4 is 11.0 Å². The lowest BCUT2D eigenvalue weighted by atomic mass is 9.85. The molecule has 3 heteroatoms. The second-order valence-corrected chi connectivity index (χ2v) is 4.60. The summed E-state index contributed by atoms with van der Waals surface area (Å²) >= 11 is 0. The molecule has 80 valence electrons. The number of fused-ring (bicyclic) bond motifs is 1. The van der Waals surface area contributed by atoms with Gasteiger partial charge in [0.2, 0.25) is 0 Å².